The molecule has 0 spiro atoms. The van der Waals surface area contributed by atoms with Crippen LogP contribution in [0.15, 0.2) is 64.8 Å². The summed E-state index contributed by atoms with van der Waals surface area (Å²) in [7, 11) is 0. The molecular weight excluding hydrogens is 469 g/mol. The number of nitrogens with zero attached hydrogens (tertiary/aromatic N) is 2. The molecule has 32 heavy (non-hydrogen) atoms. The van der Waals surface area contributed by atoms with E-state index < -0.39 is 11.5 Å². The molecule has 1 unspecified atom stereocenters. The van der Waals surface area contributed by atoms with E-state index in [2.05, 4.69) is 21.4 Å². The third kappa shape index (κ3) is 3.37. The van der Waals surface area contributed by atoms with Gasteiger partial charge in [-0.15, -0.1) is 0 Å². The first-order chi connectivity index (χ1) is 15.5. The molecule has 1 aliphatic heterocycles. The molecule has 4 N–H and O–H groups in total. The number of aromatic nitrogens is 2. The number of anilines is 2. The van der Waals surface area contributed by atoms with Crippen LogP contribution in [0.1, 0.15) is 17.0 Å². The number of rotatable bonds is 3. The summed E-state index contributed by atoms with van der Waals surface area (Å²) in [5.74, 6) is -0.641. The first kappa shape index (κ1) is 20.4. The number of H-pyrrole nitrogens is 1. The van der Waals surface area contributed by atoms with E-state index in [9.17, 15) is 10.1 Å². The van der Waals surface area contributed by atoms with Gasteiger partial charge in [-0.05, 0) is 29.8 Å². The Morgan fingerprint density at radius 1 is 1.22 bits per heavy atom. The van der Waals surface area contributed by atoms with Crippen molar-refractivity contribution in [1.82, 2.24) is 9.97 Å². The molecule has 1 aliphatic rings. The molecule has 5 rings (SSSR count). The van der Waals surface area contributed by atoms with E-state index in [0.717, 1.165) is 5.69 Å². The standard InChI is InChI=1S/C22H13Cl2N5O2S/c23-10-6-7-12(14(24)8-10)15-13(9-25)19(26)31-17-16(15)21(30)28-20-18(17)32-22(29-20)27-11-4-2-1-3-5-11/h1-8,15H,26H2,(H2,27,28,29,30). The summed E-state index contributed by atoms with van der Waals surface area (Å²) in [6.07, 6.45) is 0. The highest BCUT2D eigenvalue weighted by atomic mass is 35.5. The van der Waals surface area contributed by atoms with Crippen LogP contribution in [-0.4, -0.2) is 9.97 Å². The minimum absolute atomic E-state index is 0.0890. The predicted octanol–water partition coefficient (Wildman–Crippen LogP) is 5.25. The van der Waals surface area contributed by atoms with Gasteiger partial charge in [0.1, 0.15) is 16.3 Å². The Balaban J connectivity index is 1.72. The number of nitriles is 1. The predicted molar refractivity (Wildman–Crippen MR) is 126 cm³/mol. The van der Waals surface area contributed by atoms with Gasteiger partial charge in [0.2, 0.25) is 5.88 Å². The van der Waals surface area contributed by atoms with Crippen LogP contribution >= 0.6 is 34.5 Å². The summed E-state index contributed by atoms with van der Waals surface area (Å²) in [6, 6.07) is 16.4. The van der Waals surface area contributed by atoms with Gasteiger partial charge in [-0.25, -0.2) is 4.98 Å². The largest absolute Gasteiger partial charge is 0.438 e. The molecular formula is C22H13Cl2N5O2S. The highest BCUT2D eigenvalue weighted by molar-refractivity contribution is 7.22. The summed E-state index contributed by atoms with van der Waals surface area (Å²) in [5.41, 5.74) is 7.72. The number of nitrogens with two attached hydrogens (primary N) is 1. The molecule has 158 valence electrons. The fourth-order valence-electron chi connectivity index (χ4n) is 3.64. The lowest BCUT2D eigenvalue weighted by Crippen LogP contribution is -2.27. The number of aromatic amines is 1. The van der Waals surface area contributed by atoms with Gasteiger partial charge in [-0.3, -0.25) is 4.79 Å². The number of para-hydroxylation sites is 1. The van der Waals surface area contributed by atoms with E-state index in [1.54, 1.807) is 18.2 Å². The van der Waals surface area contributed by atoms with Crippen molar-refractivity contribution in [2.75, 3.05) is 5.32 Å². The molecule has 10 heteroatoms. The molecule has 2 aromatic heterocycles. The number of allylic oxidation sites excluding steroid dienone is 1. The van der Waals surface area contributed by atoms with Gasteiger partial charge < -0.3 is 20.8 Å². The number of thiazole rings is 1. The summed E-state index contributed by atoms with van der Waals surface area (Å²) >= 11 is 13.8. The maximum atomic E-state index is 13.1. The summed E-state index contributed by atoms with van der Waals surface area (Å²) in [6.45, 7) is 0. The number of fused-ring (bicyclic) bond motifs is 3. The van der Waals surface area contributed by atoms with Crippen LogP contribution in [0.2, 0.25) is 10.0 Å². The normalized spacial score (nSPS) is 15.2. The second kappa shape index (κ2) is 7.88. The fraction of sp³-hybridized carbons (Fsp3) is 0.0455. The number of pyridine rings is 1. The Hall–Kier alpha value is -3.51. The van der Waals surface area contributed by atoms with Crippen molar-refractivity contribution in [3.63, 3.8) is 0 Å². The van der Waals surface area contributed by atoms with Gasteiger partial charge in [0.15, 0.2) is 16.5 Å². The van der Waals surface area contributed by atoms with Gasteiger partial charge >= 0.3 is 0 Å². The Morgan fingerprint density at radius 3 is 2.72 bits per heavy atom. The first-order valence-electron chi connectivity index (χ1n) is 9.37. The topological polar surface area (TPSA) is 117 Å². The monoisotopic (exact) mass is 481 g/mol. The SMILES string of the molecule is N#CC1=C(N)Oc2c(c(=O)[nH]c3nc(Nc4ccccc4)sc23)C1c1ccc(Cl)cc1Cl. The number of benzene rings is 2. The van der Waals surface area contributed by atoms with Crippen molar-refractivity contribution >= 4 is 55.7 Å². The summed E-state index contributed by atoms with van der Waals surface area (Å²) in [4.78, 5) is 20.4. The Bertz CT molecular complexity index is 1500. The molecule has 2 aromatic carbocycles. The van der Waals surface area contributed by atoms with Gasteiger partial charge in [-0.1, -0.05) is 58.8 Å². The number of ether oxygens (including phenoxy) is 1. The lowest BCUT2D eigenvalue weighted by Gasteiger charge is -2.26. The quantitative estimate of drug-likeness (QED) is 0.367. The van der Waals surface area contributed by atoms with Gasteiger partial charge in [0, 0.05) is 15.7 Å². The van der Waals surface area contributed by atoms with Crippen LogP contribution in [0, 0.1) is 11.3 Å². The molecule has 0 saturated heterocycles. The molecule has 0 fully saturated rings. The van der Waals surface area contributed by atoms with E-state index in [1.165, 1.54) is 11.3 Å². The molecule has 0 saturated carbocycles. The van der Waals surface area contributed by atoms with E-state index in [0.29, 0.717) is 31.1 Å². The third-order valence-electron chi connectivity index (χ3n) is 5.03. The number of halogens is 2. The van der Waals surface area contributed by atoms with Crippen molar-refractivity contribution in [3.05, 3.63) is 91.5 Å². The molecule has 0 aliphatic carbocycles. The van der Waals surface area contributed by atoms with Crippen LogP contribution in [0.3, 0.4) is 0 Å². The lowest BCUT2D eigenvalue weighted by molar-refractivity contribution is 0.397. The second-order valence-corrected chi connectivity index (χ2v) is 8.82. The van der Waals surface area contributed by atoms with Crippen LogP contribution < -0.4 is 21.3 Å². The van der Waals surface area contributed by atoms with Crippen molar-refractivity contribution in [1.29, 1.82) is 5.26 Å². The average Bonchev–Trinajstić information content (AvgIpc) is 3.16. The maximum Gasteiger partial charge on any atom is 0.257 e. The van der Waals surface area contributed by atoms with Crippen LogP contribution in [0.25, 0.3) is 10.3 Å². The highest BCUT2D eigenvalue weighted by Gasteiger charge is 2.36. The Labute approximate surface area is 195 Å². The Kier molecular flexibility index (Phi) is 5.02. The Morgan fingerprint density at radius 2 is 2.00 bits per heavy atom. The van der Waals surface area contributed by atoms with Crippen molar-refractivity contribution < 1.29 is 4.74 Å². The smallest absolute Gasteiger partial charge is 0.257 e. The minimum atomic E-state index is -0.811. The summed E-state index contributed by atoms with van der Waals surface area (Å²) < 4.78 is 6.39. The summed E-state index contributed by atoms with van der Waals surface area (Å²) in [5, 5.41) is 14.3. The number of hydrogen-bond acceptors (Lipinski definition) is 7. The molecule has 4 aromatic rings. The van der Waals surface area contributed by atoms with Gasteiger partial charge in [0.05, 0.1) is 11.5 Å². The van der Waals surface area contributed by atoms with E-state index in [-0.39, 0.29) is 22.8 Å². The molecule has 0 radical (unpaired) electrons. The lowest BCUT2D eigenvalue weighted by atomic mass is 9.84. The zero-order chi connectivity index (χ0) is 22.4. The van der Waals surface area contributed by atoms with E-state index in [1.807, 2.05) is 30.3 Å². The van der Waals surface area contributed by atoms with Crippen molar-refractivity contribution in [3.8, 4) is 11.8 Å². The first-order valence-corrected chi connectivity index (χ1v) is 10.9. The van der Waals surface area contributed by atoms with Crippen molar-refractivity contribution in [2.45, 2.75) is 5.92 Å². The molecule has 1 atom stereocenters. The van der Waals surface area contributed by atoms with Crippen molar-refractivity contribution in [2.24, 2.45) is 5.73 Å². The maximum absolute atomic E-state index is 13.1. The molecule has 0 amide bonds. The molecule has 3 heterocycles. The average molecular weight is 482 g/mol. The van der Waals surface area contributed by atoms with Gasteiger partial charge in [-0.2, -0.15) is 5.26 Å². The molecule has 7 nitrogen and oxygen atoms in total. The van der Waals surface area contributed by atoms with Crippen LogP contribution in [0.5, 0.6) is 5.75 Å². The zero-order valence-electron chi connectivity index (χ0n) is 16.1. The van der Waals surface area contributed by atoms with E-state index in [4.69, 9.17) is 33.7 Å². The second-order valence-electron chi connectivity index (χ2n) is 6.98. The minimum Gasteiger partial charge on any atom is -0.438 e. The van der Waals surface area contributed by atoms with Gasteiger partial charge in [0.25, 0.3) is 5.56 Å². The number of hydrogen-bond donors (Lipinski definition) is 3. The zero-order valence-corrected chi connectivity index (χ0v) is 18.5. The molecule has 0 bridgehead atoms. The van der Waals surface area contributed by atoms with Crippen LogP contribution in [-0.2, 0) is 0 Å². The fourth-order valence-corrected chi connectivity index (χ4v) is 5.09. The van der Waals surface area contributed by atoms with E-state index >= 15 is 0 Å². The third-order valence-corrected chi connectivity index (χ3v) is 6.56. The highest BCUT2D eigenvalue weighted by Crippen LogP contribution is 2.46. The van der Waals surface area contributed by atoms with Crippen LogP contribution in [0.4, 0.5) is 10.8 Å². The number of nitrogens with one attached hydrogen (secondary N) is 2.